The molecule has 14 rings (SSSR count). The van der Waals surface area contributed by atoms with E-state index in [2.05, 4.69) is 40.6 Å². The van der Waals surface area contributed by atoms with E-state index in [4.69, 9.17) is 10.2 Å². The zero-order chi connectivity index (χ0) is 75.2. The van der Waals surface area contributed by atoms with E-state index in [1.165, 1.54) is 75.7 Å². The molecule has 30 heteroatoms. The summed E-state index contributed by atoms with van der Waals surface area (Å²) < 4.78 is 5.11. The Labute approximate surface area is 587 Å². The van der Waals surface area contributed by atoms with Crippen LogP contribution in [0.15, 0.2) is 86.9 Å². The molecule has 0 aliphatic heterocycles. The van der Waals surface area contributed by atoms with Crippen LogP contribution in [0.3, 0.4) is 0 Å². The van der Waals surface area contributed by atoms with Crippen molar-refractivity contribution in [2.45, 2.75) is 145 Å². The molecule has 0 bridgehead atoms. The standard InChI is InChI=1S/C22H24N2O4.C18H18N2O5.C17H14N6O4.C17H16N2O5/c1-12-10-15(25)23-19-17(12)21(27)18-13(2)11-16(26)24(20(18)22(19)28)14-8-6-4-3-5-7-9-14;1-9-7-11(22)19-15-13(9)17(24)14-10(5-3-4-6-21)8-12(23)20(2)16(14)18(15)25;1-7-5-10(24)18-14-12(7)16(26)13-8(2)6-11(25)23(15(13)17(14)27)4-3-9-19-21-22-20-9;1-8-6-10(21)18-14-12(8)16(23)13-9(2)7-11(22)19(4-3-5-20)15(13)17(14)24/h10-11,14H,3-9H2,1-2H3,(H,23,25);7-8,21H,3-6H2,1-2H3,(H,19,22);5-6H,3-4H2,1-2H3,(H,18,24)(H,19,20,21,22);6-7,20H,3-5H2,1-2H3,(H,18,21). The molecule has 0 atom stereocenters. The van der Waals surface area contributed by atoms with Gasteiger partial charge in [0.25, 0.3) is 22.2 Å². The van der Waals surface area contributed by atoms with Crippen LogP contribution in [0, 0.1) is 48.5 Å². The van der Waals surface area contributed by atoms with Crippen molar-refractivity contribution in [2.75, 3.05) is 13.2 Å². The second-order valence-corrected chi connectivity index (χ2v) is 26.4. The van der Waals surface area contributed by atoms with Gasteiger partial charge in [0.05, 0.1) is 44.5 Å². The van der Waals surface area contributed by atoms with E-state index in [0.717, 1.165) is 43.1 Å². The highest BCUT2D eigenvalue weighted by molar-refractivity contribution is 6.30. The van der Waals surface area contributed by atoms with Crippen LogP contribution < -0.4 is 44.5 Å². The lowest BCUT2D eigenvalue weighted by Crippen LogP contribution is -2.37. The molecule has 0 aromatic carbocycles. The summed E-state index contributed by atoms with van der Waals surface area (Å²) >= 11 is 0. The van der Waals surface area contributed by atoms with E-state index >= 15 is 0 Å². The fraction of sp³-hybridized carbons (Fsp3) is 0.338. The number of rotatable bonds is 11. The number of aryl methyl sites for hydroxylation is 9. The third kappa shape index (κ3) is 13.3. The number of aromatic amines is 5. The van der Waals surface area contributed by atoms with Gasteiger partial charge in [-0.1, -0.05) is 37.3 Å². The molecule has 1 saturated carbocycles. The number of nitrogens with one attached hydrogen (secondary N) is 5. The minimum absolute atomic E-state index is 0.00486. The van der Waals surface area contributed by atoms with Crippen LogP contribution in [0.1, 0.15) is 249 Å². The van der Waals surface area contributed by atoms with Gasteiger partial charge in [-0.05, 0) is 131 Å². The Kier molecular flexibility index (Phi) is 20.8. The van der Waals surface area contributed by atoms with Crippen LogP contribution >= 0.6 is 0 Å². The second kappa shape index (κ2) is 29.5. The predicted molar refractivity (Wildman–Crippen MR) is 374 cm³/mol. The molecule has 0 amide bonds. The smallest absolute Gasteiger partial charge is 0.251 e. The third-order valence-corrected chi connectivity index (χ3v) is 19.3. The first-order chi connectivity index (χ1) is 49.5. The molecule has 7 N–H and O–H groups in total. The number of pyridine rings is 8. The van der Waals surface area contributed by atoms with Crippen molar-refractivity contribution in [2.24, 2.45) is 7.05 Å². The normalized spacial score (nSPS) is 14.2. The van der Waals surface area contributed by atoms with Gasteiger partial charge in [-0.15, -0.1) is 10.2 Å². The third-order valence-electron chi connectivity index (χ3n) is 19.3. The lowest BCUT2D eigenvalue weighted by Gasteiger charge is -2.29. The Morgan fingerprint density at radius 2 is 0.760 bits per heavy atom. The fourth-order valence-electron chi connectivity index (χ4n) is 14.5. The molecule has 9 aromatic rings. The van der Waals surface area contributed by atoms with Gasteiger partial charge in [0, 0.05) is 94.3 Å². The number of unbranched alkanes of at least 4 members (excludes halogenated alkanes) is 1. The van der Waals surface area contributed by atoms with E-state index in [1.807, 2.05) is 0 Å². The number of nitrogens with zero attached hydrogens (tertiary/aromatic N) is 7. The summed E-state index contributed by atoms with van der Waals surface area (Å²) in [6.07, 6.45) is 9.09. The lowest BCUT2D eigenvalue weighted by atomic mass is 9.84. The average molecular weight is 1420 g/mol. The number of carbonyl (C=O) groups excluding carboxylic acids is 8. The van der Waals surface area contributed by atoms with Gasteiger partial charge in [0.2, 0.25) is 45.4 Å². The van der Waals surface area contributed by atoms with Crippen molar-refractivity contribution < 1.29 is 48.6 Å². The quantitative estimate of drug-likeness (QED) is 0.0908. The Morgan fingerprint density at radius 3 is 1.18 bits per heavy atom. The summed E-state index contributed by atoms with van der Waals surface area (Å²) in [4.78, 5) is 212. The number of aliphatic hydroxyl groups excluding tert-OH is 2. The minimum atomic E-state index is -0.561. The monoisotopic (exact) mass is 1420 g/mol. The number of carbonyl (C=O) groups is 8. The number of H-pyrrole nitrogens is 5. The van der Waals surface area contributed by atoms with Crippen molar-refractivity contribution in [3.05, 3.63) is 272 Å². The molecule has 0 spiro atoms. The first-order valence-electron chi connectivity index (χ1n) is 33.8. The molecular weight excluding hydrogens is 1340 g/mol. The van der Waals surface area contributed by atoms with Crippen LogP contribution in [0.25, 0.3) is 0 Å². The van der Waals surface area contributed by atoms with E-state index in [1.54, 1.807) is 48.5 Å². The number of ketones is 8. The zero-order valence-corrected chi connectivity index (χ0v) is 58.1. The second-order valence-electron chi connectivity index (χ2n) is 26.4. The number of hydrogen-bond acceptors (Lipinski definition) is 21. The SMILES string of the molecule is Cc1cc(=O)[nH]c2c1C(=O)c1c(C)cc(=O)n(C3CCCCCCC3)c1C2=O.Cc1cc(=O)[nH]c2c1C(=O)c1c(C)cc(=O)n(CCCO)c1C2=O.Cc1cc(=O)[nH]c2c1C(=O)c1c(C)cc(=O)n(CCc3nn[nH]n3)c1C2=O.Cc1cc(=O)[nH]c2c1C(=O)c1c(CCCCO)cc(=O)n(C)c1C2=O. The van der Waals surface area contributed by atoms with Crippen molar-refractivity contribution in [1.82, 2.24) is 58.8 Å². The van der Waals surface area contributed by atoms with Gasteiger partial charge in [0.1, 0.15) is 45.6 Å². The van der Waals surface area contributed by atoms with Gasteiger partial charge in [-0.2, -0.15) is 5.21 Å². The summed E-state index contributed by atoms with van der Waals surface area (Å²) in [6, 6.07) is 10.5. The van der Waals surface area contributed by atoms with Crippen molar-refractivity contribution >= 4 is 46.3 Å². The molecule has 104 heavy (non-hydrogen) atoms. The van der Waals surface area contributed by atoms with Gasteiger partial charge in [-0.25, -0.2) is 0 Å². The highest BCUT2D eigenvalue weighted by atomic mass is 16.3. The molecule has 0 radical (unpaired) electrons. The average Bonchev–Trinajstić information content (AvgIpc) is 0.762. The van der Waals surface area contributed by atoms with Gasteiger partial charge < -0.3 is 48.4 Å². The van der Waals surface area contributed by atoms with Crippen molar-refractivity contribution in [3.8, 4) is 0 Å². The molecule has 0 saturated heterocycles. The largest absolute Gasteiger partial charge is 0.396 e. The van der Waals surface area contributed by atoms with Crippen LogP contribution in [-0.2, 0) is 33.0 Å². The maximum Gasteiger partial charge on any atom is 0.251 e. The molecule has 5 aliphatic rings. The van der Waals surface area contributed by atoms with Crippen LogP contribution in [0.4, 0.5) is 0 Å². The maximum absolute atomic E-state index is 13.4. The van der Waals surface area contributed by atoms with E-state index in [-0.39, 0.29) is 158 Å². The van der Waals surface area contributed by atoms with Crippen LogP contribution in [0.5, 0.6) is 0 Å². The first-order valence-corrected chi connectivity index (χ1v) is 33.8. The van der Waals surface area contributed by atoms with Crippen molar-refractivity contribution in [1.29, 1.82) is 0 Å². The molecule has 536 valence electrons. The maximum atomic E-state index is 13.4. The summed E-state index contributed by atoms with van der Waals surface area (Å²) in [5.74, 6) is -3.16. The minimum Gasteiger partial charge on any atom is -0.396 e. The summed E-state index contributed by atoms with van der Waals surface area (Å²) in [5, 5.41) is 31.4. The highest BCUT2D eigenvalue weighted by Crippen LogP contribution is 2.36. The number of aromatic nitrogens is 12. The Bertz CT molecular complexity index is 5730. The summed E-state index contributed by atoms with van der Waals surface area (Å²) in [5.41, 5.74) is 1.77. The van der Waals surface area contributed by atoms with Crippen molar-refractivity contribution in [3.63, 3.8) is 0 Å². The Balaban J connectivity index is 0.000000139. The highest BCUT2D eigenvalue weighted by Gasteiger charge is 2.41. The molecular formula is C74H72N12O18. The number of tetrazole rings is 1. The Hall–Kier alpha value is -12.1. The topological polar surface area (TPSA) is 451 Å². The fourth-order valence-corrected chi connectivity index (χ4v) is 14.5. The van der Waals surface area contributed by atoms with Gasteiger partial charge in [-0.3, -0.25) is 76.7 Å². The summed E-state index contributed by atoms with van der Waals surface area (Å²) in [6.45, 7) is 11.4. The van der Waals surface area contributed by atoms with E-state index in [0.29, 0.717) is 75.2 Å². The number of hydrogen-bond donors (Lipinski definition) is 7. The molecule has 9 heterocycles. The van der Waals surface area contributed by atoms with E-state index < -0.39 is 62.0 Å². The first kappa shape index (κ1) is 73.2. The number of aliphatic hydroxyl groups is 2. The number of fused-ring (bicyclic) bond motifs is 8. The zero-order valence-electron chi connectivity index (χ0n) is 58.1. The molecule has 1 fully saturated rings. The molecule has 5 aliphatic carbocycles. The lowest BCUT2D eigenvalue weighted by molar-refractivity contribution is 0.0962. The molecule has 30 nitrogen and oxygen atoms in total. The molecule has 0 unspecified atom stereocenters. The van der Waals surface area contributed by atoms with Gasteiger partial charge in [0.15, 0.2) is 29.0 Å². The predicted octanol–water partition coefficient (Wildman–Crippen LogP) is 3.68. The van der Waals surface area contributed by atoms with Gasteiger partial charge >= 0.3 is 0 Å². The van der Waals surface area contributed by atoms with Crippen LogP contribution in [0.2, 0.25) is 0 Å². The van der Waals surface area contributed by atoms with E-state index in [9.17, 15) is 76.7 Å². The molecule has 9 aromatic heterocycles. The summed E-state index contributed by atoms with van der Waals surface area (Å²) in [7, 11) is 1.43. The Morgan fingerprint density at radius 1 is 0.385 bits per heavy atom. The van der Waals surface area contributed by atoms with Crippen LogP contribution in [-0.4, -0.2) is 129 Å².